The summed E-state index contributed by atoms with van der Waals surface area (Å²) in [5.41, 5.74) is -0.562. The second-order valence-electron chi connectivity index (χ2n) is 6.61. The number of alkyl carbamates (subject to hydrolysis) is 1. The Morgan fingerprint density at radius 2 is 1.85 bits per heavy atom. The van der Waals surface area contributed by atoms with Crippen molar-refractivity contribution in [2.75, 3.05) is 0 Å². The molecule has 1 saturated heterocycles. The van der Waals surface area contributed by atoms with E-state index >= 15 is 0 Å². The smallest absolute Gasteiger partial charge is 0.408 e. The van der Waals surface area contributed by atoms with Gasteiger partial charge in [-0.25, -0.2) is 4.79 Å². The molecular weight excluding hydrogens is 262 g/mol. The lowest BCUT2D eigenvalue weighted by Gasteiger charge is -2.31. The number of nitrogens with one attached hydrogen (secondary N) is 1. The van der Waals surface area contributed by atoms with E-state index in [4.69, 9.17) is 14.2 Å². The summed E-state index contributed by atoms with van der Waals surface area (Å²) in [5.74, 6) is -0.782. The van der Waals surface area contributed by atoms with Crippen LogP contribution in [0.15, 0.2) is 12.2 Å². The van der Waals surface area contributed by atoms with Crippen LogP contribution in [0.3, 0.4) is 0 Å². The monoisotopic (exact) mass is 285 g/mol. The summed E-state index contributed by atoms with van der Waals surface area (Å²) in [6, 6.07) is -0.389. The second-order valence-corrected chi connectivity index (χ2v) is 6.61. The molecule has 114 valence electrons. The molecule has 0 aromatic heterocycles. The first-order valence-corrected chi connectivity index (χ1v) is 6.79. The molecule has 20 heavy (non-hydrogen) atoms. The molecule has 1 heterocycles. The van der Waals surface area contributed by atoms with E-state index in [9.17, 15) is 9.90 Å². The summed E-state index contributed by atoms with van der Waals surface area (Å²) >= 11 is 0. The third-order valence-electron chi connectivity index (χ3n) is 3.05. The number of amides is 1. The van der Waals surface area contributed by atoms with Crippen LogP contribution in [0.4, 0.5) is 4.79 Å². The van der Waals surface area contributed by atoms with Crippen LogP contribution >= 0.6 is 0 Å². The first-order valence-electron chi connectivity index (χ1n) is 6.79. The van der Waals surface area contributed by atoms with Gasteiger partial charge in [-0.1, -0.05) is 12.2 Å². The minimum atomic E-state index is -0.782. The molecule has 0 spiro atoms. The average molecular weight is 285 g/mol. The number of ether oxygens (including phenoxy) is 3. The Bertz CT molecular complexity index is 412. The number of carbonyl (C=O) groups is 1. The van der Waals surface area contributed by atoms with Crippen molar-refractivity contribution >= 4 is 6.09 Å². The topological polar surface area (TPSA) is 77.0 Å². The van der Waals surface area contributed by atoms with E-state index < -0.39 is 35.8 Å². The quantitative estimate of drug-likeness (QED) is 0.711. The van der Waals surface area contributed by atoms with Crippen LogP contribution in [0.1, 0.15) is 34.6 Å². The number of aliphatic hydroxyl groups excluding tert-OH is 1. The molecule has 4 atom stereocenters. The van der Waals surface area contributed by atoms with Gasteiger partial charge in [-0.15, -0.1) is 0 Å². The van der Waals surface area contributed by atoms with Crippen LogP contribution in [0, 0.1) is 0 Å². The Balaban J connectivity index is 2.05. The van der Waals surface area contributed by atoms with Gasteiger partial charge in [-0.3, -0.25) is 0 Å². The van der Waals surface area contributed by atoms with E-state index in [1.165, 1.54) is 0 Å². The highest BCUT2D eigenvalue weighted by Crippen LogP contribution is 2.34. The third-order valence-corrected chi connectivity index (χ3v) is 3.05. The van der Waals surface area contributed by atoms with Crippen molar-refractivity contribution in [3.05, 3.63) is 12.2 Å². The van der Waals surface area contributed by atoms with Crippen molar-refractivity contribution in [3.63, 3.8) is 0 Å². The zero-order valence-corrected chi connectivity index (χ0v) is 12.5. The summed E-state index contributed by atoms with van der Waals surface area (Å²) in [7, 11) is 0. The van der Waals surface area contributed by atoms with Crippen LogP contribution in [0.5, 0.6) is 0 Å². The molecule has 1 fully saturated rings. The van der Waals surface area contributed by atoms with Crippen molar-refractivity contribution in [2.24, 2.45) is 0 Å². The van der Waals surface area contributed by atoms with Crippen molar-refractivity contribution < 1.29 is 24.1 Å². The maximum atomic E-state index is 11.8. The van der Waals surface area contributed by atoms with E-state index in [-0.39, 0.29) is 6.04 Å². The van der Waals surface area contributed by atoms with Crippen molar-refractivity contribution in [1.82, 2.24) is 5.32 Å². The lowest BCUT2D eigenvalue weighted by molar-refractivity contribution is -0.152. The van der Waals surface area contributed by atoms with Gasteiger partial charge in [0.25, 0.3) is 0 Å². The summed E-state index contributed by atoms with van der Waals surface area (Å²) in [4.78, 5) is 11.8. The third kappa shape index (κ3) is 3.50. The molecule has 0 bridgehead atoms. The maximum Gasteiger partial charge on any atom is 0.408 e. The molecule has 1 amide bonds. The Kier molecular flexibility index (Phi) is 3.83. The van der Waals surface area contributed by atoms with E-state index in [2.05, 4.69) is 5.32 Å². The van der Waals surface area contributed by atoms with Crippen molar-refractivity contribution in [2.45, 2.75) is 70.4 Å². The van der Waals surface area contributed by atoms with E-state index in [1.54, 1.807) is 46.8 Å². The normalized spacial score (nSPS) is 35.5. The van der Waals surface area contributed by atoms with Crippen LogP contribution < -0.4 is 5.32 Å². The van der Waals surface area contributed by atoms with E-state index in [0.29, 0.717) is 0 Å². The van der Waals surface area contributed by atoms with Gasteiger partial charge >= 0.3 is 6.09 Å². The number of aliphatic hydroxyl groups is 1. The number of hydrogen-bond donors (Lipinski definition) is 2. The molecule has 1 aliphatic carbocycles. The molecule has 2 rings (SSSR count). The van der Waals surface area contributed by atoms with Gasteiger partial charge in [0, 0.05) is 0 Å². The van der Waals surface area contributed by atoms with Crippen LogP contribution in [0.25, 0.3) is 0 Å². The van der Waals surface area contributed by atoms with Gasteiger partial charge in [-0.2, -0.15) is 0 Å². The van der Waals surface area contributed by atoms with Gasteiger partial charge in [0.05, 0.1) is 6.04 Å². The SMILES string of the molecule is CC(C)(C)OC(=O)N[C@@H]1C=C[C@H](O)[C@H]2OC(C)(C)O[C@H]21. The van der Waals surface area contributed by atoms with Gasteiger partial charge in [0.2, 0.25) is 0 Å². The number of rotatable bonds is 1. The van der Waals surface area contributed by atoms with Crippen LogP contribution in [0.2, 0.25) is 0 Å². The van der Waals surface area contributed by atoms with Gasteiger partial charge in [-0.05, 0) is 34.6 Å². The predicted molar refractivity (Wildman–Crippen MR) is 72.1 cm³/mol. The lowest BCUT2D eigenvalue weighted by Crippen LogP contribution is -2.52. The number of hydrogen-bond acceptors (Lipinski definition) is 5. The Labute approximate surface area is 119 Å². The fourth-order valence-electron chi connectivity index (χ4n) is 2.39. The van der Waals surface area contributed by atoms with Gasteiger partial charge in [0.15, 0.2) is 5.79 Å². The zero-order valence-electron chi connectivity index (χ0n) is 12.5. The Morgan fingerprint density at radius 1 is 1.25 bits per heavy atom. The van der Waals surface area contributed by atoms with Crippen LogP contribution in [-0.4, -0.2) is 46.9 Å². The molecule has 0 aromatic carbocycles. The average Bonchev–Trinajstić information content (AvgIpc) is 2.56. The summed E-state index contributed by atoms with van der Waals surface area (Å²) in [6.45, 7) is 8.96. The fourth-order valence-corrected chi connectivity index (χ4v) is 2.39. The highest BCUT2D eigenvalue weighted by molar-refractivity contribution is 5.68. The molecule has 1 aliphatic heterocycles. The molecule has 0 saturated carbocycles. The number of carbonyl (C=O) groups excluding carboxylic acids is 1. The summed E-state index contributed by atoms with van der Waals surface area (Å²) in [5, 5.41) is 12.7. The molecule has 6 heteroatoms. The largest absolute Gasteiger partial charge is 0.444 e. The Hall–Kier alpha value is -1.11. The molecular formula is C14H23NO5. The number of fused-ring (bicyclic) bond motifs is 1. The first kappa shape index (κ1) is 15.3. The standard InChI is InChI=1S/C14H23NO5/c1-13(2,3)20-12(17)15-8-6-7-9(16)11-10(8)18-14(4,5)19-11/h6-11,16H,1-5H3,(H,15,17)/t8-,9+,10+,11-/m1/s1. The van der Waals surface area contributed by atoms with E-state index in [1.807, 2.05) is 0 Å². The second kappa shape index (κ2) is 5.02. The summed E-state index contributed by atoms with van der Waals surface area (Å²) < 4.78 is 16.7. The van der Waals surface area contributed by atoms with Gasteiger partial charge in [0.1, 0.15) is 23.9 Å². The summed E-state index contributed by atoms with van der Waals surface area (Å²) in [6.07, 6.45) is 1.13. The predicted octanol–water partition coefficient (Wildman–Crippen LogP) is 1.33. The van der Waals surface area contributed by atoms with Crippen molar-refractivity contribution in [1.29, 1.82) is 0 Å². The van der Waals surface area contributed by atoms with E-state index in [0.717, 1.165) is 0 Å². The molecule has 2 aliphatic rings. The highest BCUT2D eigenvalue weighted by Gasteiger charge is 2.49. The van der Waals surface area contributed by atoms with Gasteiger partial charge < -0.3 is 24.6 Å². The zero-order chi connectivity index (χ0) is 15.1. The lowest BCUT2D eigenvalue weighted by atomic mass is 9.94. The molecule has 0 aromatic rings. The molecule has 2 N–H and O–H groups in total. The molecule has 0 unspecified atom stereocenters. The Morgan fingerprint density at radius 3 is 2.45 bits per heavy atom. The fraction of sp³-hybridized carbons (Fsp3) is 0.786. The first-order chi connectivity index (χ1) is 9.07. The molecule has 6 nitrogen and oxygen atoms in total. The van der Waals surface area contributed by atoms with Crippen molar-refractivity contribution in [3.8, 4) is 0 Å². The highest BCUT2D eigenvalue weighted by atomic mass is 16.8. The molecule has 0 radical (unpaired) electrons. The maximum absolute atomic E-state index is 11.8. The van der Waals surface area contributed by atoms with Crippen LogP contribution in [-0.2, 0) is 14.2 Å². The minimum Gasteiger partial charge on any atom is -0.444 e. The minimum absolute atomic E-state index is 0.389.